The molecular weight excluding hydrogens is 436 g/mol. The van der Waals surface area contributed by atoms with Crippen molar-refractivity contribution in [1.82, 2.24) is 4.90 Å². The van der Waals surface area contributed by atoms with E-state index in [0.717, 1.165) is 16.7 Å². The number of non-ortho nitro benzene ring substituents is 1. The molecule has 0 radical (unpaired) electrons. The number of hydrogen-bond acceptors (Lipinski definition) is 7. The molecule has 0 aliphatic carbocycles. The van der Waals surface area contributed by atoms with Gasteiger partial charge in [-0.2, -0.15) is 0 Å². The second-order valence-electron chi connectivity index (χ2n) is 6.78. The fourth-order valence-electron chi connectivity index (χ4n) is 3.06. The van der Waals surface area contributed by atoms with Crippen LogP contribution in [0, 0.1) is 10.1 Å². The van der Waals surface area contributed by atoms with Gasteiger partial charge in [0.25, 0.3) is 16.8 Å². The van der Waals surface area contributed by atoms with Crippen molar-refractivity contribution < 1.29 is 28.8 Å². The fourth-order valence-corrected chi connectivity index (χ4v) is 3.88. The number of hydrogen-bond donors (Lipinski definition) is 1. The van der Waals surface area contributed by atoms with Gasteiger partial charge in [-0.15, -0.1) is 0 Å². The van der Waals surface area contributed by atoms with Gasteiger partial charge in [-0.25, -0.2) is 4.79 Å². The van der Waals surface area contributed by atoms with Crippen molar-refractivity contribution in [1.29, 1.82) is 0 Å². The van der Waals surface area contributed by atoms with Crippen LogP contribution in [0.1, 0.15) is 21.7 Å². The van der Waals surface area contributed by atoms with E-state index in [4.69, 9.17) is 9.52 Å². The van der Waals surface area contributed by atoms with Crippen LogP contribution >= 0.6 is 11.8 Å². The van der Waals surface area contributed by atoms with Crippen LogP contribution in [-0.2, 0) is 11.3 Å². The Bertz CT molecular complexity index is 1280. The zero-order valence-electron chi connectivity index (χ0n) is 16.3. The highest BCUT2D eigenvalue weighted by Crippen LogP contribution is 2.34. The predicted octanol–water partition coefficient (Wildman–Crippen LogP) is 4.79. The third kappa shape index (κ3) is 4.30. The second-order valence-corrected chi connectivity index (χ2v) is 7.77. The minimum Gasteiger partial charge on any atom is -0.478 e. The monoisotopic (exact) mass is 450 g/mol. The molecule has 4 rings (SSSR count). The molecule has 10 heteroatoms. The molecule has 2 aromatic carbocycles. The number of furan rings is 1. The molecule has 1 N–H and O–H groups in total. The van der Waals surface area contributed by atoms with E-state index in [1.807, 2.05) is 0 Å². The Kier molecular flexibility index (Phi) is 5.61. The molecule has 9 nitrogen and oxygen atoms in total. The van der Waals surface area contributed by atoms with Gasteiger partial charge >= 0.3 is 5.97 Å². The number of carbonyl (C=O) groups excluding carboxylic acids is 2. The van der Waals surface area contributed by atoms with Crippen molar-refractivity contribution in [3.05, 3.63) is 92.6 Å². The summed E-state index contributed by atoms with van der Waals surface area (Å²) >= 11 is 0.768. The second kappa shape index (κ2) is 8.52. The standard InChI is InChI=1S/C22H14N2O7S/c25-20-19(32-22(28)23(20)12-13-4-6-16(7-5-13)24(29)30)11-17-8-9-18(31-17)14-2-1-3-15(10-14)21(26)27/h1-11H,12H2,(H,26,27)/b19-11-. The number of thioether (sulfide) groups is 1. The largest absolute Gasteiger partial charge is 0.478 e. The number of benzene rings is 2. The highest BCUT2D eigenvalue weighted by atomic mass is 32.2. The molecule has 1 fully saturated rings. The summed E-state index contributed by atoms with van der Waals surface area (Å²) in [6.45, 7) is -0.00855. The molecule has 1 aliphatic heterocycles. The van der Waals surface area contributed by atoms with Crippen molar-refractivity contribution in [3.63, 3.8) is 0 Å². The van der Waals surface area contributed by atoms with Gasteiger partial charge in [-0.3, -0.25) is 24.6 Å². The zero-order valence-corrected chi connectivity index (χ0v) is 17.1. The summed E-state index contributed by atoms with van der Waals surface area (Å²) in [5.41, 5.74) is 1.19. The van der Waals surface area contributed by atoms with Gasteiger partial charge in [0, 0.05) is 23.8 Å². The van der Waals surface area contributed by atoms with Crippen LogP contribution < -0.4 is 0 Å². The highest BCUT2D eigenvalue weighted by Gasteiger charge is 2.35. The number of rotatable bonds is 6. The van der Waals surface area contributed by atoms with Gasteiger partial charge in [0.1, 0.15) is 11.5 Å². The predicted molar refractivity (Wildman–Crippen MR) is 116 cm³/mol. The van der Waals surface area contributed by atoms with Crippen LogP contribution in [0.4, 0.5) is 10.5 Å². The first-order valence-electron chi connectivity index (χ1n) is 9.24. The molecule has 0 unspecified atom stereocenters. The van der Waals surface area contributed by atoms with E-state index >= 15 is 0 Å². The highest BCUT2D eigenvalue weighted by molar-refractivity contribution is 8.18. The third-order valence-corrected chi connectivity index (χ3v) is 5.56. The van der Waals surface area contributed by atoms with Gasteiger partial charge in [0.05, 0.1) is 21.9 Å². The smallest absolute Gasteiger partial charge is 0.335 e. The Morgan fingerprint density at radius 2 is 1.88 bits per heavy atom. The van der Waals surface area contributed by atoms with Gasteiger partial charge < -0.3 is 9.52 Å². The maximum atomic E-state index is 12.7. The molecule has 32 heavy (non-hydrogen) atoms. The summed E-state index contributed by atoms with van der Waals surface area (Å²) < 4.78 is 5.71. The lowest BCUT2D eigenvalue weighted by atomic mass is 10.1. The Labute approximate surface area is 185 Å². The Morgan fingerprint density at radius 3 is 2.56 bits per heavy atom. The van der Waals surface area contributed by atoms with Crippen LogP contribution in [0.25, 0.3) is 17.4 Å². The molecule has 3 aromatic rings. The molecule has 2 amide bonds. The van der Waals surface area contributed by atoms with Crippen LogP contribution in [0.15, 0.2) is 70.0 Å². The van der Waals surface area contributed by atoms with Gasteiger partial charge in [-0.05, 0) is 41.6 Å². The quantitative estimate of drug-likeness (QED) is 0.322. The van der Waals surface area contributed by atoms with Crippen molar-refractivity contribution in [2.24, 2.45) is 0 Å². The van der Waals surface area contributed by atoms with E-state index < -0.39 is 22.0 Å². The van der Waals surface area contributed by atoms with E-state index in [-0.39, 0.29) is 22.7 Å². The maximum absolute atomic E-state index is 12.7. The Hall–Kier alpha value is -4.18. The number of carboxylic acid groups (broad SMARTS) is 1. The third-order valence-electron chi connectivity index (χ3n) is 4.66. The Morgan fingerprint density at radius 1 is 1.12 bits per heavy atom. The summed E-state index contributed by atoms with van der Waals surface area (Å²) in [6.07, 6.45) is 1.45. The topological polar surface area (TPSA) is 131 Å². The summed E-state index contributed by atoms with van der Waals surface area (Å²) in [4.78, 5) is 47.6. The Balaban J connectivity index is 1.51. The lowest BCUT2D eigenvalue weighted by Gasteiger charge is -2.12. The molecule has 0 spiro atoms. The molecule has 2 heterocycles. The molecule has 0 atom stereocenters. The summed E-state index contributed by atoms with van der Waals surface area (Å²) in [5.74, 6) is -0.796. The molecular formula is C22H14N2O7S. The molecule has 0 bridgehead atoms. The summed E-state index contributed by atoms with van der Waals surface area (Å²) in [7, 11) is 0. The number of aromatic carboxylic acids is 1. The first kappa shape index (κ1) is 21.1. The van der Waals surface area contributed by atoms with E-state index in [0.29, 0.717) is 22.6 Å². The molecule has 1 aromatic heterocycles. The number of imide groups is 1. The first-order chi connectivity index (χ1) is 15.3. The van der Waals surface area contributed by atoms with E-state index in [1.54, 1.807) is 24.3 Å². The van der Waals surface area contributed by atoms with Crippen molar-refractivity contribution in [2.45, 2.75) is 6.54 Å². The van der Waals surface area contributed by atoms with E-state index in [1.165, 1.54) is 42.5 Å². The number of nitrogens with zero attached hydrogens (tertiary/aromatic N) is 2. The number of nitro groups is 1. The van der Waals surface area contributed by atoms with Gasteiger partial charge in [0.15, 0.2) is 0 Å². The first-order valence-corrected chi connectivity index (χ1v) is 10.1. The van der Waals surface area contributed by atoms with Crippen molar-refractivity contribution in [3.8, 4) is 11.3 Å². The number of amides is 2. The van der Waals surface area contributed by atoms with Crippen LogP contribution in [-0.4, -0.2) is 32.0 Å². The average molecular weight is 450 g/mol. The minimum absolute atomic E-state index is 0.00855. The van der Waals surface area contributed by atoms with Crippen molar-refractivity contribution in [2.75, 3.05) is 0 Å². The zero-order chi connectivity index (χ0) is 22.8. The van der Waals surface area contributed by atoms with Crippen LogP contribution in [0.2, 0.25) is 0 Å². The fraction of sp³-hybridized carbons (Fsp3) is 0.0455. The maximum Gasteiger partial charge on any atom is 0.335 e. The number of nitro benzene ring substituents is 1. The molecule has 160 valence electrons. The number of carbonyl (C=O) groups is 3. The van der Waals surface area contributed by atoms with E-state index in [9.17, 15) is 24.5 Å². The lowest BCUT2D eigenvalue weighted by Crippen LogP contribution is -2.27. The molecule has 0 saturated carbocycles. The lowest BCUT2D eigenvalue weighted by molar-refractivity contribution is -0.384. The number of carboxylic acids is 1. The normalized spacial score (nSPS) is 14.9. The minimum atomic E-state index is -1.06. The van der Waals surface area contributed by atoms with Gasteiger partial charge in [0.2, 0.25) is 0 Å². The SMILES string of the molecule is O=C(O)c1cccc(-c2ccc(/C=C3\SC(=O)N(Cc4ccc([N+](=O)[O-])cc4)C3=O)o2)c1. The average Bonchev–Trinajstić information content (AvgIpc) is 3.34. The molecule has 1 saturated heterocycles. The summed E-state index contributed by atoms with van der Waals surface area (Å²) in [5, 5.41) is 19.4. The van der Waals surface area contributed by atoms with Crippen LogP contribution in [0.5, 0.6) is 0 Å². The summed E-state index contributed by atoms with van der Waals surface area (Å²) in [6, 6.07) is 15.1. The molecule has 1 aliphatic rings. The van der Waals surface area contributed by atoms with Crippen LogP contribution in [0.3, 0.4) is 0 Å². The van der Waals surface area contributed by atoms with Crippen molar-refractivity contribution >= 4 is 40.6 Å². The van der Waals surface area contributed by atoms with E-state index in [2.05, 4.69) is 0 Å². The van der Waals surface area contributed by atoms with Gasteiger partial charge in [-0.1, -0.05) is 24.3 Å².